The SMILES string of the molecule is Cc1ccc(C(NN)C2C3CCCCC32)cn1. The van der Waals surface area contributed by atoms with Crippen LogP contribution in [0.15, 0.2) is 18.3 Å². The fourth-order valence-corrected chi connectivity index (χ4v) is 3.63. The van der Waals surface area contributed by atoms with Gasteiger partial charge in [-0.1, -0.05) is 18.9 Å². The summed E-state index contributed by atoms with van der Waals surface area (Å²) in [5.41, 5.74) is 5.33. The lowest BCUT2D eigenvalue weighted by Crippen LogP contribution is -2.30. The first-order valence-corrected chi connectivity index (χ1v) is 6.70. The predicted octanol–water partition coefficient (Wildman–Crippen LogP) is 2.33. The smallest absolute Gasteiger partial charge is 0.0508 e. The minimum Gasteiger partial charge on any atom is -0.271 e. The molecular formula is C14H21N3. The number of fused-ring (bicyclic) bond motifs is 1. The molecular weight excluding hydrogens is 210 g/mol. The number of hydrazine groups is 1. The molecule has 3 nitrogen and oxygen atoms in total. The number of hydrogen-bond donors (Lipinski definition) is 2. The van der Waals surface area contributed by atoms with Gasteiger partial charge < -0.3 is 0 Å². The zero-order valence-corrected chi connectivity index (χ0v) is 10.4. The van der Waals surface area contributed by atoms with Gasteiger partial charge in [-0.05, 0) is 49.1 Å². The van der Waals surface area contributed by atoms with Gasteiger partial charge in [0.2, 0.25) is 0 Å². The predicted molar refractivity (Wildman–Crippen MR) is 68.0 cm³/mol. The molecule has 1 aromatic rings. The number of aryl methyl sites for hydroxylation is 1. The Morgan fingerprint density at radius 2 is 2.00 bits per heavy atom. The van der Waals surface area contributed by atoms with Crippen LogP contribution in [-0.4, -0.2) is 4.98 Å². The van der Waals surface area contributed by atoms with Gasteiger partial charge in [0.1, 0.15) is 0 Å². The van der Waals surface area contributed by atoms with Crippen molar-refractivity contribution in [2.24, 2.45) is 23.6 Å². The molecule has 3 rings (SSSR count). The second kappa shape index (κ2) is 4.39. The summed E-state index contributed by atoms with van der Waals surface area (Å²) >= 11 is 0. The van der Waals surface area contributed by atoms with Crippen molar-refractivity contribution in [1.82, 2.24) is 10.4 Å². The van der Waals surface area contributed by atoms with Crippen LogP contribution in [0.1, 0.15) is 43.0 Å². The Morgan fingerprint density at radius 1 is 1.29 bits per heavy atom. The van der Waals surface area contributed by atoms with Crippen molar-refractivity contribution in [3.63, 3.8) is 0 Å². The Balaban J connectivity index is 1.78. The zero-order valence-electron chi connectivity index (χ0n) is 10.4. The highest BCUT2D eigenvalue weighted by molar-refractivity contribution is 5.21. The van der Waals surface area contributed by atoms with Crippen molar-refractivity contribution >= 4 is 0 Å². The van der Waals surface area contributed by atoms with Crippen LogP contribution in [0.3, 0.4) is 0 Å². The number of aromatic nitrogens is 1. The van der Waals surface area contributed by atoms with Gasteiger partial charge in [0.25, 0.3) is 0 Å². The topological polar surface area (TPSA) is 50.9 Å². The second-order valence-electron chi connectivity index (χ2n) is 5.57. The summed E-state index contributed by atoms with van der Waals surface area (Å²) < 4.78 is 0. The fraction of sp³-hybridized carbons (Fsp3) is 0.643. The van der Waals surface area contributed by atoms with E-state index in [9.17, 15) is 0 Å². The molecule has 2 fully saturated rings. The Morgan fingerprint density at radius 3 is 2.53 bits per heavy atom. The van der Waals surface area contributed by atoms with Crippen LogP contribution in [-0.2, 0) is 0 Å². The number of pyridine rings is 1. The average Bonchev–Trinajstić information content (AvgIpc) is 3.07. The number of rotatable bonds is 3. The zero-order chi connectivity index (χ0) is 11.8. The van der Waals surface area contributed by atoms with Gasteiger partial charge in [-0.2, -0.15) is 0 Å². The van der Waals surface area contributed by atoms with Gasteiger partial charge in [-0.25, -0.2) is 0 Å². The molecule has 1 aromatic heterocycles. The van der Waals surface area contributed by atoms with Gasteiger partial charge in [-0.15, -0.1) is 0 Å². The highest BCUT2D eigenvalue weighted by Crippen LogP contribution is 2.60. The summed E-state index contributed by atoms with van der Waals surface area (Å²) in [6.07, 6.45) is 7.58. The lowest BCUT2D eigenvalue weighted by atomic mass is 10.0. The van der Waals surface area contributed by atoms with Crippen LogP contribution < -0.4 is 11.3 Å². The monoisotopic (exact) mass is 231 g/mol. The van der Waals surface area contributed by atoms with Crippen molar-refractivity contribution in [2.75, 3.05) is 0 Å². The molecule has 2 aliphatic carbocycles. The lowest BCUT2D eigenvalue weighted by Gasteiger charge is -2.16. The van der Waals surface area contributed by atoms with E-state index in [-0.39, 0.29) is 0 Å². The molecule has 3 heteroatoms. The van der Waals surface area contributed by atoms with Gasteiger partial charge in [-0.3, -0.25) is 16.3 Å². The Bertz CT molecular complexity index is 375. The minimum atomic E-state index is 0.302. The standard InChI is InChI=1S/C14H21N3/c1-9-6-7-10(8-16-9)14(17-15)13-11-4-2-3-5-12(11)13/h6-8,11-14,17H,2-5,15H2,1H3. The van der Waals surface area contributed by atoms with Crippen LogP contribution in [0.25, 0.3) is 0 Å². The maximum absolute atomic E-state index is 5.76. The average molecular weight is 231 g/mol. The Labute approximate surface area is 103 Å². The molecule has 0 bridgehead atoms. The van der Waals surface area contributed by atoms with E-state index in [0.717, 1.165) is 23.4 Å². The molecule has 2 aliphatic rings. The molecule has 1 heterocycles. The highest BCUT2D eigenvalue weighted by Gasteiger charge is 2.54. The fourth-order valence-electron chi connectivity index (χ4n) is 3.63. The summed E-state index contributed by atoms with van der Waals surface area (Å²) in [5.74, 6) is 8.32. The number of nitrogens with zero attached hydrogens (tertiary/aromatic N) is 1. The van der Waals surface area contributed by atoms with Crippen molar-refractivity contribution < 1.29 is 0 Å². The van der Waals surface area contributed by atoms with Crippen LogP contribution in [0.2, 0.25) is 0 Å². The number of nitrogens with two attached hydrogens (primary N) is 1. The molecule has 92 valence electrons. The molecule has 0 saturated heterocycles. The van der Waals surface area contributed by atoms with Gasteiger partial charge in [0.15, 0.2) is 0 Å². The molecule has 0 spiro atoms. The third-order valence-electron chi connectivity index (χ3n) is 4.58. The van der Waals surface area contributed by atoms with E-state index >= 15 is 0 Å². The minimum absolute atomic E-state index is 0.302. The first kappa shape index (κ1) is 11.2. The molecule has 0 aromatic carbocycles. The maximum atomic E-state index is 5.76. The van der Waals surface area contributed by atoms with Crippen LogP contribution in [0, 0.1) is 24.7 Å². The largest absolute Gasteiger partial charge is 0.271 e. The quantitative estimate of drug-likeness (QED) is 0.620. The molecule has 0 amide bonds. The number of hydrogen-bond acceptors (Lipinski definition) is 3. The third kappa shape index (κ3) is 1.98. The van der Waals surface area contributed by atoms with E-state index in [1.165, 1.54) is 31.2 Å². The van der Waals surface area contributed by atoms with E-state index < -0.39 is 0 Å². The molecule has 17 heavy (non-hydrogen) atoms. The molecule has 2 saturated carbocycles. The van der Waals surface area contributed by atoms with E-state index in [0.29, 0.717) is 6.04 Å². The normalized spacial score (nSPS) is 32.9. The van der Waals surface area contributed by atoms with E-state index in [4.69, 9.17) is 5.84 Å². The highest BCUT2D eigenvalue weighted by atomic mass is 15.2. The summed E-state index contributed by atoms with van der Waals surface area (Å²) in [5, 5.41) is 0. The van der Waals surface area contributed by atoms with Crippen LogP contribution in [0.4, 0.5) is 0 Å². The van der Waals surface area contributed by atoms with E-state index in [1.54, 1.807) is 0 Å². The van der Waals surface area contributed by atoms with Crippen molar-refractivity contribution in [3.8, 4) is 0 Å². The van der Waals surface area contributed by atoms with Crippen molar-refractivity contribution in [3.05, 3.63) is 29.6 Å². The molecule has 3 unspecified atom stereocenters. The molecule has 3 atom stereocenters. The van der Waals surface area contributed by atoms with Gasteiger partial charge >= 0.3 is 0 Å². The van der Waals surface area contributed by atoms with Crippen LogP contribution >= 0.6 is 0 Å². The second-order valence-corrected chi connectivity index (χ2v) is 5.57. The number of nitrogens with one attached hydrogen (secondary N) is 1. The van der Waals surface area contributed by atoms with Crippen molar-refractivity contribution in [2.45, 2.75) is 38.6 Å². The van der Waals surface area contributed by atoms with Crippen molar-refractivity contribution in [1.29, 1.82) is 0 Å². The van der Waals surface area contributed by atoms with Crippen LogP contribution in [0.5, 0.6) is 0 Å². The van der Waals surface area contributed by atoms with E-state index in [2.05, 4.69) is 22.5 Å². The molecule has 0 radical (unpaired) electrons. The lowest BCUT2D eigenvalue weighted by molar-refractivity contribution is 0.455. The summed E-state index contributed by atoms with van der Waals surface area (Å²) in [6, 6.07) is 4.54. The first-order chi connectivity index (χ1) is 8.31. The third-order valence-corrected chi connectivity index (χ3v) is 4.58. The first-order valence-electron chi connectivity index (χ1n) is 6.70. The summed E-state index contributed by atoms with van der Waals surface area (Å²) in [6.45, 7) is 2.02. The summed E-state index contributed by atoms with van der Waals surface area (Å²) in [7, 11) is 0. The van der Waals surface area contributed by atoms with Gasteiger partial charge in [0.05, 0.1) is 6.04 Å². The molecule has 0 aliphatic heterocycles. The molecule has 3 N–H and O–H groups in total. The Hall–Kier alpha value is -0.930. The van der Waals surface area contributed by atoms with Gasteiger partial charge in [0, 0.05) is 11.9 Å². The summed E-state index contributed by atoms with van der Waals surface area (Å²) in [4.78, 5) is 4.38. The van der Waals surface area contributed by atoms with E-state index in [1.807, 2.05) is 13.1 Å². The maximum Gasteiger partial charge on any atom is 0.0508 e. The Kier molecular flexibility index (Phi) is 2.89.